The van der Waals surface area contributed by atoms with E-state index in [1.54, 1.807) is 49.3 Å². The second-order valence-corrected chi connectivity index (χ2v) is 12.6. The van der Waals surface area contributed by atoms with Gasteiger partial charge in [-0.05, 0) is 60.9 Å². The van der Waals surface area contributed by atoms with Gasteiger partial charge in [0.25, 0.3) is 5.91 Å². The smallest absolute Gasteiger partial charge is 0.255 e. The van der Waals surface area contributed by atoms with E-state index in [2.05, 4.69) is 30.8 Å². The van der Waals surface area contributed by atoms with Crippen LogP contribution >= 0.6 is 0 Å². The molecule has 3 aliphatic rings. The number of piperazine rings is 1. The van der Waals surface area contributed by atoms with Crippen molar-refractivity contribution in [1.82, 2.24) is 30.8 Å². The van der Waals surface area contributed by atoms with E-state index < -0.39 is 35.8 Å². The Balaban J connectivity index is 1.24. The zero-order valence-corrected chi connectivity index (χ0v) is 27.6. The topological polar surface area (TPSA) is 166 Å². The average molecular weight is 666 g/mol. The van der Waals surface area contributed by atoms with Crippen molar-refractivity contribution in [3.8, 4) is 17.2 Å². The van der Waals surface area contributed by atoms with Crippen molar-refractivity contribution >= 4 is 40.3 Å². The highest BCUT2D eigenvalue weighted by Crippen LogP contribution is 2.28. The summed E-state index contributed by atoms with van der Waals surface area (Å²) in [4.78, 5) is 66.9. The van der Waals surface area contributed by atoms with Gasteiger partial charge in [0.15, 0.2) is 0 Å². The molecule has 0 spiro atoms. The molecule has 254 valence electrons. The summed E-state index contributed by atoms with van der Waals surface area (Å²) in [5, 5.41) is 19.6. The Morgan fingerprint density at radius 2 is 1.59 bits per heavy atom. The van der Waals surface area contributed by atoms with Gasteiger partial charge in [-0.3, -0.25) is 19.2 Å². The minimum absolute atomic E-state index is 0.0629. The molecule has 1 aromatic heterocycles. The summed E-state index contributed by atoms with van der Waals surface area (Å²) in [5.41, 5.74) is 1.56. The van der Waals surface area contributed by atoms with Gasteiger partial charge in [0, 0.05) is 38.0 Å². The molecule has 3 aliphatic heterocycles. The molecular weight excluding hydrogens is 626 g/mol. The first-order chi connectivity index (χ1) is 23.6. The number of rotatable bonds is 3. The van der Waals surface area contributed by atoms with Crippen LogP contribution in [0.1, 0.15) is 36.7 Å². The number of para-hydroxylation sites is 1. The largest absolute Gasteiger partial charge is 0.507 e. The number of anilines is 1. The number of fused-ring (bicyclic) bond motifs is 12. The molecule has 1 saturated heterocycles. The number of benzene rings is 3. The number of aromatic nitrogens is 2. The maximum absolute atomic E-state index is 14.0. The maximum atomic E-state index is 14.0. The predicted octanol–water partition coefficient (Wildman–Crippen LogP) is 2.78. The molecule has 0 aliphatic carbocycles. The quantitative estimate of drug-likeness (QED) is 0.241. The van der Waals surface area contributed by atoms with Crippen LogP contribution in [0, 0.1) is 5.92 Å². The Labute approximate surface area is 283 Å². The lowest BCUT2D eigenvalue weighted by molar-refractivity contribution is -0.137. The summed E-state index contributed by atoms with van der Waals surface area (Å²) in [6.07, 6.45) is 1.75. The number of nitrogens with one attached hydrogen (secondary N) is 3. The first kappa shape index (κ1) is 33.2. The van der Waals surface area contributed by atoms with Crippen LogP contribution in [0.4, 0.5) is 5.82 Å². The van der Waals surface area contributed by atoms with E-state index >= 15 is 0 Å². The molecule has 4 N–H and O–H groups in total. The van der Waals surface area contributed by atoms with E-state index in [-0.39, 0.29) is 29.6 Å². The van der Waals surface area contributed by atoms with Gasteiger partial charge in [-0.15, -0.1) is 0 Å². The Morgan fingerprint density at radius 3 is 2.33 bits per heavy atom. The van der Waals surface area contributed by atoms with E-state index in [1.807, 2.05) is 24.3 Å². The van der Waals surface area contributed by atoms with Gasteiger partial charge >= 0.3 is 0 Å². The van der Waals surface area contributed by atoms with Crippen LogP contribution in [0.15, 0.2) is 73.1 Å². The van der Waals surface area contributed by atoms with Gasteiger partial charge < -0.3 is 35.6 Å². The third-order valence-electron chi connectivity index (χ3n) is 8.83. The van der Waals surface area contributed by atoms with Crippen molar-refractivity contribution < 1.29 is 29.0 Å². The highest BCUT2D eigenvalue weighted by atomic mass is 16.5. The molecule has 1 fully saturated rings. The molecule has 3 atom stereocenters. The second-order valence-electron chi connectivity index (χ2n) is 12.6. The summed E-state index contributed by atoms with van der Waals surface area (Å²) in [6.45, 7) is 6.98. The number of hydrogen-bond donors (Lipinski definition) is 4. The van der Waals surface area contributed by atoms with Crippen LogP contribution in [0.5, 0.6) is 17.2 Å². The third kappa shape index (κ3) is 7.40. The number of carbonyl (C=O) groups is 4. The molecule has 49 heavy (non-hydrogen) atoms. The number of carbonyl (C=O) groups excluding carboxylic acids is 4. The van der Waals surface area contributed by atoms with E-state index in [0.29, 0.717) is 37.7 Å². The van der Waals surface area contributed by atoms with Crippen LogP contribution in [0.2, 0.25) is 0 Å². The minimum atomic E-state index is -1.02. The van der Waals surface area contributed by atoms with Crippen LogP contribution < -0.4 is 25.6 Å². The SMILES string of the molecule is CC(C)[C@@H]1NC(=O)c2cc(ccc2O)Oc2ccc(cc2)C[C@@H](C(=O)N2CCN(c3ncnc4ccccc34)CC2)NC(=O)[C@H](C)NC1=O. The van der Waals surface area contributed by atoms with Crippen LogP contribution in [0.3, 0.4) is 0 Å². The Hall–Kier alpha value is -5.72. The zero-order valence-electron chi connectivity index (χ0n) is 27.6. The summed E-state index contributed by atoms with van der Waals surface area (Å²) in [7, 11) is 0. The fraction of sp³-hybridized carbons (Fsp3) is 0.333. The Kier molecular flexibility index (Phi) is 9.61. The van der Waals surface area contributed by atoms with Crippen LogP contribution in [-0.2, 0) is 20.8 Å². The van der Waals surface area contributed by atoms with Gasteiger partial charge in [-0.1, -0.05) is 38.1 Å². The van der Waals surface area contributed by atoms with Gasteiger partial charge in [-0.2, -0.15) is 0 Å². The Bertz CT molecular complexity index is 1870. The zero-order chi connectivity index (χ0) is 34.7. The number of phenols is 1. The van der Waals surface area contributed by atoms with Gasteiger partial charge in [-0.25, -0.2) is 9.97 Å². The van der Waals surface area contributed by atoms with Crippen LogP contribution in [0.25, 0.3) is 10.9 Å². The summed E-state index contributed by atoms with van der Waals surface area (Å²) in [6, 6.07) is 16.2. The van der Waals surface area contributed by atoms with Crippen LogP contribution in [-0.4, -0.2) is 87.9 Å². The van der Waals surface area contributed by atoms with E-state index in [0.717, 1.165) is 22.3 Å². The first-order valence-electron chi connectivity index (χ1n) is 16.3. The molecule has 13 nitrogen and oxygen atoms in total. The summed E-state index contributed by atoms with van der Waals surface area (Å²) < 4.78 is 5.96. The minimum Gasteiger partial charge on any atom is -0.507 e. The highest BCUT2D eigenvalue weighted by Gasteiger charge is 2.33. The van der Waals surface area contributed by atoms with Crippen molar-refractivity contribution in [2.24, 2.45) is 5.92 Å². The Morgan fingerprint density at radius 1 is 0.878 bits per heavy atom. The van der Waals surface area contributed by atoms with Gasteiger partial charge in [0.1, 0.15) is 47.5 Å². The first-order valence-corrected chi connectivity index (χ1v) is 16.3. The molecular formula is C36H39N7O6. The monoisotopic (exact) mass is 665 g/mol. The lowest BCUT2D eigenvalue weighted by atomic mass is 10.0. The third-order valence-corrected chi connectivity index (χ3v) is 8.83. The number of ether oxygens (including phenoxy) is 1. The molecule has 4 heterocycles. The normalized spacial score (nSPS) is 20.6. The molecule has 4 bridgehead atoms. The van der Waals surface area contributed by atoms with E-state index in [1.165, 1.54) is 25.1 Å². The molecule has 4 aromatic rings. The van der Waals surface area contributed by atoms with E-state index in [9.17, 15) is 24.3 Å². The maximum Gasteiger partial charge on any atom is 0.255 e. The van der Waals surface area contributed by atoms with Crippen molar-refractivity contribution in [1.29, 1.82) is 0 Å². The predicted molar refractivity (Wildman–Crippen MR) is 182 cm³/mol. The molecule has 3 aromatic carbocycles. The number of amides is 4. The molecule has 0 unspecified atom stereocenters. The molecule has 0 radical (unpaired) electrons. The fourth-order valence-corrected chi connectivity index (χ4v) is 6.05. The van der Waals surface area contributed by atoms with Crippen molar-refractivity contribution in [3.63, 3.8) is 0 Å². The second kappa shape index (κ2) is 14.2. The van der Waals surface area contributed by atoms with Crippen molar-refractivity contribution in [2.45, 2.75) is 45.3 Å². The molecule has 13 heteroatoms. The summed E-state index contributed by atoms with van der Waals surface area (Å²) in [5.74, 6) is -1.07. The van der Waals surface area contributed by atoms with E-state index in [4.69, 9.17) is 4.74 Å². The standard InChI is InChI=1S/C36H39N7O6/c1-21(2)31-35(47)39-22(3)33(45)40-29(18-23-8-10-24(11-9-23)49-25-12-13-30(44)27(19-25)34(46)41-31)36(48)43-16-14-42(15-17-43)32-26-6-4-5-7-28(26)37-20-38-32/h4-13,19-22,29,31,44H,14-18H2,1-3H3,(H,39,47)(H,40,45)(H,41,46)/t22-,29-,31-/m0/s1. The highest BCUT2D eigenvalue weighted by molar-refractivity contribution is 6.01. The van der Waals surface area contributed by atoms with Crippen molar-refractivity contribution in [2.75, 3.05) is 31.1 Å². The number of nitrogens with zero attached hydrogens (tertiary/aromatic N) is 4. The number of aromatic hydroxyl groups is 1. The summed E-state index contributed by atoms with van der Waals surface area (Å²) >= 11 is 0. The van der Waals surface area contributed by atoms with Gasteiger partial charge in [0.2, 0.25) is 17.7 Å². The lowest BCUT2D eigenvalue weighted by Crippen LogP contribution is -2.59. The number of hydrogen-bond acceptors (Lipinski definition) is 9. The molecule has 4 amide bonds. The fourth-order valence-electron chi connectivity index (χ4n) is 6.05. The number of phenolic OH excluding ortho intramolecular Hbond substituents is 1. The molecule has 7 rings (SSSR count). The average Bonchev–Trinajstić information content (AvgIpc) is 3.10. The van der Waals surface area contributed by atoms with Gasteiger partial charge in [0.05, 0.1) is 11.1 Å². The molecule has 0 saturated carbocycles. The lowest BCUT2D eigenvalue weighted by Gasteiger charge is -2.37. The van der Waals surface area contributed by atoms with Crippen molar-refractivity contribution in [3.05, 3.63) is 84.2 Å².